The largest absolute Gasteiger partial charge is 0.250 e. The number of hydrogen-bond donors (Lipinski definition) is 0. The molecule has 0 atom stereocenters. The summed E-state index contributed by atoms with van der Waals surface area (Å²) in [4.78, 5) is 4.66. The molecule has 18 heavy (non-hydrogen) atoms. The van der Waals surface area contributed by atoms with Crippen LogP contribution in [-0.4, -0.2) is 14.8 Å². The second-order valence-electron chi connectivity index (χ2n) is 4.81. The lowest BCUT2D eigenvalue weighted by Gasteiger charge is -2.04. The Kier molecular flexibility index (Phi) is 2.52. The van der Waals surface area contributed by atoms with Crippen LogP contribution in [0.3, 0.4) is 0 Å². The van der Waals surface area contributed by atoms with E-state index in [1.165, 1.54) is 0 Å². The Morgan fingerprint density at radius 2 is 1.94 bits per heavy atom. The summed E-state index contributed by atoms with van der Waals surface area (Å²) in [5.74, 6) is 0.328. The van der Waals surface area contributed by atoms with Gasteiger partial charge in [-0.05, 0) is 12.0 Å². The molecule has 0 saturated heterocycles. The lowest BCUT2D eigenvalue weighted by molar-refractivity contribution is 0.725. The number of nitrogens with zero attached hydrogens (tertiary/aromatic N) is 3. The van der Waals surface area contributed by atoms with E-state index in [1.807, 2.05) is 36.0 Å². The molecule has 2 aromatic heterocycles. The summed E-state index contributed by atoms with van der Waals surface area (Å²) in [5.41, 5.74) is 2.77. The molecule has 0 unspecified atom stereocenters. The molecule has 4 heteroatoms. The molecule has 3 aromatic rings. The van der Waals surface area contributed by atoms with Gasteiger partial charge in [-0.15, -0.1) is 0 Å². The highest BCUT2D eigenvalue weighted by Gasteiger charge is 2.18. The number of benzene rings is 1. The number of para-hydroxylation sites is 1. The normalized spacial score (nSPS) is 11.8. The van der Waals surface area contributed by atoms with Gasteiger partial charge in [-0.3, -0.25) is 4.68 Å². The molecule has 0 aliphatic heterocycles. The molecule has 3 nitrogen and oxygen atoms in total. The Bertz CT molecular complexity index is 743. The lowest BCUT2D eigenvalue weighted by Crippen LogP contribution is -1.93. The summed E-state index contributed by atoms with van der Waals surface area (Å²) in [6.45, 7) is 4.24. The third kappa shape index (κ3) is 1.51. The molecule has 1 aromatic carbocycles. The predicted octanol–water partition coefficient (Wildman–Crippen LogP) is 3.90. The number of rotatable bonds is 1. The smallest absolute Gasteiger partial charge is 0.159 e. The van der Waals surface area contributed by atoms with Gasteiger partial charge in [-0.1, -0.05) is 43.6 Å². The highest BCUT2D eigenvalue weighted by atomic mass is 35.5. The fourth-order valence-electron chi connectivity index (χ4n) is 2.28. The minimum absolute atomic E-state index is 0.328. The SMILES string of the molecule is CC(C)c1nn(C)c2nc3ccccc3c(Cl)c12. The fourth-order valence-corrected chi connectivity index (χ4v) is 2.62. The number of hydrogen-bond acceptors (Lipinski definition) is 2. The van der Waals surface area contributed by atoms with Gasteiger partial charge in [0, 0.05) is 12.4 Å². The third-order valence-corrected chi connectivity index (χ3v) is 3.57. The molecule has 0 aliphatic rings. The average molecular weight is 260 g/mol. The molecule has 0 spiro atoms. The van der Waals surface area contributed by atoms with E-state index in [0.717, 1.165) is 32.7 Å². The number of halogens is 1. The summed E-state index contributed by atoms with van der Waals surface area (Å²) < 4.78 is 1.81. The summed E-state index contributed by atoms with van der Waals surface area (Å²) >= 11 is 6.54. The molecule has 0 aliphatic carbocycles. The molecule has 2 heterocycles. The van der Waals surface area contributed by atoms with E-state index in [4.69, 9.17) is 11.6 Å². The van der Waals surface area contributed by atoms with Gasteiger partial charge in [0.25, 0.3) is 0 Å². The van der Waals surface area contributed by atoms with Crippen LogP contribution in [0.25, 0.3) is 21.9 Å². The number of fused-ring (bicyclic) bond motifs is 2. The minimum atomic E-state index is 0.328. The molecule has 92 valence electrons. The average Bonchev–Trinajstić information content (AvgIpc) is 2.68. The van der Waals surface area contributed by atoms with Gasteiger partial charge in [0.1, 0.15) is 0 Å². The van der Waals surface area contributed by atoms with Crippen molar-refractivity contribution < 1.29 is 0 Å². The molecule has 0 N–H and O–H groups in total. The lowest BCUT2D eigenvalue weighted by atomic mass is 10.1. The summed E-state index contributed by atoms with van der Waals surface area (Å²) in [6.07, 6.45) is 0. The minimum Gasteiger partial charge on any atom is -0.250 e. The first-order chi connectivity index (χ1) is 8.59. The van der Waals surface area contributed by atoms with Gasteiger partial charge in [-0.2, -0.15) is 5.10 Å². The fraction of sp³-hybridized carbons (Fsp3) is 0.286. The van der Waals surface area contributed by atoms with E-state index in [0.29, 0.717) is 5.92 Å². The molecular weight excluding hydrogens is 246 g/mol. The highest BCUT2D eigenvalue weighted by molar-refractivity contribution is 6.40. The second-order valence-corrected chi connectivity index (χ2v) is 5.18. The maximum atomic E-state index is 6.54. The summed E-state index contributed by atoms with van der Waals surface area (Å²) in [5, 5.41) is 7.27. The molecule has 3 rings (SSSR count). The van der Waals surface area contributed by atoms with Crippen molar-refractivity contribution >= 4 is 33.5 Å². The molecule has 0 bridgehead atoms. The first kappa shape index (κ1) is 11.5. The molecule has 0 fully saturated rings. The van der Waals surface area contributed by atoms with Crippen LogP contribution in [0.2, 0.25) is 5.02 Å². The van der Waals surface area contributed by atoms with Crippen LogP contribution in [0.15, 0.2) is 24.3 Å². The molecule has 0 amide bonds. The van der Waals surface area contributed by atoms with Gasteiger partial charge >= 0.3 is 0 Å². The van der Waals surface area contributed by atoms with Crippen molar-refractivity contribution in [2.24, 2.45) is 7.05 Å². The zero-order valence-electron chi connectivity index (χ0n) is 10.6. The Morgan fingerprint density at radius 3 is 2.67 bits per heavy atom. The van der Waals surface area contributed by atoms with E-state index in [1.54, 1.807) is 0 Å². The maximum Gasteiger partial charge on any atom is 0.159 e. The van der Waals surface area contributed by atoms with E-state index in [2.05, 4.69) is 23.9 Å². The first-order valence-electron chi connectivity index (χ1n) is 6.00. The Hall–Kier alpha value is -1.61. The van der Waals surface area contributed by atoms with Crippen molar-refractivity contribution in [3.8, 4) is 0 Å². The van der Waals surface area contributed by atoms with Gasteiger partial charge in [0.2, 0.25) is 0 Å². The summed E-state index contributed by atoms with van der Waals surface area (Å²) in [6, 6.07) is 7.92. The molecule has 0 saturated carbocycles. The van der Waals surface area contributed by atoms with Gasteiger partial charge < -0.3 is 0 Å². The molecular formula is C14H14ClN3. The van der Waals surface area contributed by atoms with Crippen LogP contribution in [0.1, 0.15) is 25.5 Å². The quantitative estimate of drug-likeness (QED) is 0.664. The standard InChI is InChI=1S/C14H14ClN3/c1-8(2)13-11-12(15)9-6-4-5-7-10(9)16-14(11)18(3)17-13/h4-8H,1-3H3. The van der Waals surface area contributed by atoms with Crippen molar-refractivity contribution in [2.45, 2.75) is 19.8 Å². The van der Waals surface area contributed by atoms with Crippen molar-refractivity contribution in [1.82, 2.24) is 14.8 Å². The van der Waals surface area contributed by atoms with Crippen LogP contribution < -0.4 is 0 Å². The van der Waals surface area contributed by atoms with Crippen LogP contribution in [0.5, 0.6) is 0 Å². The third-order valence-electron chi connectivity index (χ3n) is 3.18. The number of aromatic nitrogens is 3. The van der Waals surface area contributed by atoms with Crippen molar-refractivity contribution in [1.29, 1.82) is 0 Å². The van der Waals surface area contributed by atoms with E-state index in [9.17, 15) is 0 Å². The van der Waals surface area contributed by atoms with E-state index >= 15 is 0 Å². The van der Waals surface area contributed by atoms with Crippen LogP contribution in [0, 0.1) is 0 Å². The predicted molar refractivity (Wildman–Crippen MR) is 75.1 cm³/mol. The van der Waals surface area contributed by atoms with Crippen LogP contribution in [-0.2, 0) is 7.05 Å². The Labute approximate surface area is 110 Å². The highest BCUT2D eigenvalue weighted by Crippen LogP contribution is 2.34. The van der Waals surface area contributed by atoms with Crippen LogP contribution in [0.4, 0.5) is 0 Å². The van der Waals surface area contributed by atoms with Gasteiger partial charge in [-0.25, -0.2) is 4.98 Å². The zero-order valence-corrected chi connectivity index (χ0v) is 11.4. The number of aryl methyl sites for hydroxylation is 1. The second kappa shape index (κ2) is 3.95. The number of pyridine rings is 1. The summed E-state index contributed by atoms with van der Waals surface area (Å²) in [7, 11) is 1.91. The Balaban J connectivity index is 2.54. The van der Waals surface area contributed by atoms with Crippen molar-refractivity contribution in [3.63, 3.8) is 0 Å². The van der Waals surface area contributed by atoms with E-state index in [-0.39, 0.29) is 0 Å². The van der Waals surface area contributed by atoms with Crippen molar-refractivity contribution in [3.05, 3.63) is 35.0 Å². The van der Waals surface area contributed by atoms with Crippen LogP contribution >= 0.6 is 11.6 Å². The first-order valence-corrected chi connectivity index (χ1v) is 6.38. The van der Waals surface area contributed by atoms with E-state index < -0.39 is 0 Å². The topological polar surface area (TPSA) is 30.7 Å². The monoisotopic (exact) mass is 259 g/mol. The van der Waals surface area contributed by atoms with Crippen molar-refractivity contribution in [2.75, 3.05) is 0 Å². The van der Waals surface area contributed by atoms with Gasteiger partial charge in [0.15, 0.2) is 5.65 Å². The molecule has 0 radical (unpaired) electrons. The maximum absolute atomic E-state index is 6.54. The van der Waals surface area contributed by atoms with Gasteiger partial charge in [0.05, 0.1) is 21.6 Å². The Morgan fingerprint density at radius 1 is 1.22 bits per heavy atom. The zero-order chi connectivity index (χ0) is 12.9.